The van der Waals surface area contributed by atoms with Gasteiger partial charge < -0.3 is 24.4 Å². The Morgan fingerprint density at radius 2 is 2.00 bits per heavy atom. The maximum absolute atomic E-state index is 6.10. The van der Waals surface area contributed by atoms with Gasteiger partial charge >= 0.3 is 0 Å². The maximum atomic E-state index is 6.10. The minimum Gasteiger partial charge on any atom is -0.489 e. The SMILES string of the molecule is CCNC(=NCC(C)Oc1ccc(C)cc1)N1CCC(OCC2CCCO2)CC1. The van der Waals surface area contributed by atoms with E-state index in [-0.39, 0.29) is 6.10 Å². The van der Waals surface area contributed by atoms with Crippen LogP contribution >= 0.6 is 0 Å². The molecule has 2 fully saturated rings. The van der Waals surface area contributed by atoms with E-state index in [1.165, 1.54) is 12.0 Å². The molecular formula is C23H37N3O3. The molecule has 2 atom stereocenters. The first-order chi connectivity index (χ1) is 14.1. The summed E-state index contributed by atoms with van der Waals surface area (Å²) in [5.41, 5.74) is 1.24. The zero-order valence-electron chi connectivity index (χ0n) is 18.2. The van der Waals surface area contributed by atoms with Gasteiger partial charge in [0.1, 0.15) is 11.9 Å². The highest BCUT2D eigenvalue weighted by atomic mass is 16.5. The summed E-state index contributed by atoms with van der Waals surface area (Å²) < 4.78 is 17.8. The second-order valence-corrected chi connectivity index (χ2v) is 8.09. The number of ether oxygens (including phenoxy) is 3. The Kier molecular flexibility index (Phi) is 8.62. The van der Waals surface area contributed by atoms with Gasteiger partial charge in [0, 0.05) is 26.2 Å². The van der Waals surface area contributed by atoms with Gasteiger partial charge in [-0.25, -0.2) is 4.99 Å². The molecule has 2 saturated heterocycles. The quantitative estimate of drug-likeness (QED) is 0.533. The predicted octanol–water partition coefficient (Wildman–Crippen LogP) is 3.39. The van der Waals surface area contributed by atoms with Gasteiger partial charge in [0.15, 0.2) is 5.96 Å². The lowest BCUT2D eigenvalue weighted by Gasteiger charge is -2.34. The zero-order valence-corrected chi connectivity index (χ0v) is 18.2. The molecule has 2 heterocycles. The van der Waals surface area contributed by atoms with Crippen molar-refractivity contribution < 1.29 is 14.2 Å². The second kappa shape index (κ2) is 11.4. The molecule has 3 rings (SSSR count). The van der Waals surface area contributed by atoms with Crippen LogP contribution in [0.25, 0.3) is 0 Å². The number of likely N-dealkylation sites (tertiary alicyclic amines) is 1. The molecule has 1 N–H and O–H groups in total. The molecule has 2 unspecified atom stereocenters. The molecule has 1 aromatic rings. The van der Waals surface area contributed by atoms with E-state index in [0.717, 1.165) is 63.8 Å². The Morgan fingerprint density at radius 3 is 2.66 bits per heavy atom. The number of hydrogen-bond acceptors (Lipinski definition) is 4. The molecule has 0 aromatic heterocycles. The molecule has 0 saturated carbocycles. The lowest BCUT2D eigenvalue weighted by Crippen LogP contribution is -2.47. The number of aryl methyl sites for hydroxylation is 1. The molecular weight excluding hydrogens is 366 g/mol. The first-order valence-electron chi connectivity index (χ1n) is 11.1. The van der Waals surface area contributed by atoms with Crippen molar-refractivity contribution in [2.24, 2.45) is 4.99 Å². The van der Waals surface area contributed by atoms with Gasteiger partial charge in [-0.1, -0.05) is 17.7 Å². The van der Waals surface area contributed by atoms with Crippen LogP contribution in [0.15, 0.2) is 29.3 Å². The van der Waals surface area contributed by atoms with E-state index in [4.69, 9.17) is 19.2 Å². The van der Waals surface area contributed by atoms with Crippen molar-refractivity contribution in [1.82, 2.24) is 10.2 Å². The van der Waals surface area contributed by atoms with Crippen molar-refractivity contribution in [2.45, 2.75) is 64.8 Å². The molecule has 29 heavy (non-hydrogen) atoms. The van der Waals surface area contributed by atoms with Gasteiger partial charge in [-0.15, -0.1) is 0 Å². The molecule has 0 radical (unpaired) electrons. The summed E-state index contributed by atoms with van der Waals surface area (Å²) in [5.74, 6) is 1.87. The van der Waals surface area contributed by atoms with Crippen LogP contribution in [-0.2, 0) is 9.47 Å². The fraction of sp³-hybridized carbons (Fsp3) is 0.696. The van der Waals surface area contributed by atoms with Crippen LogP contribution in [0.1, 0.15) is 45.1 Å². The number of piperidine rings is 1. The van der Waals surface area contributed by atoms with Crippen LogP contribution in [0.5, 0.6) is 5.75 Å². The van der Waals surface area contributed by atoms with E-state index in [1.54, 1.807) is 0 Å². The fourth-order valence-electron chi connectivity index (χ4n) is 3.78. The monoisotopic (exact) mass is 403 g/mol. The number of aliphatic imine (C=N–C) groups is 1. The summed E-state index contributed by atoms with van der Waals surface area (Å²) in [4.78, 5) is 7.17. The summed E-state index contributed by atoms with van der Waals surface area (Å²) in [5, 5.41) is 3.43. The van der Waals surface area contributed by atoms with Gasteiger partial charge in [0.05, 0.1) is 25.4 Å². The van der Waals surface area contributed by atoms with Crippen LogP contribution in [0.4, 0.5) is 0 Å². The van der Waals surface area contributed by atoms with E-state index in [2.05, 4.69) is 43.1 Å². The Hall–Kier alpha value is -1.79. The van der Waals surface area contributed by atoms with E-state index in [0.29, 0.717) is 18.8 Å². The van der Waals surface area contributed by atoms with Crippen molar-refractivity contribution in [3.05, 3.63) is 29.8 Å². The molecule has 0 bridgehead atoms. The summed E-state index contributed by atoms with van der Waals surface area (Å²) in [7, 11) is 0. The smallest absolute Gasteiger partial charge is 0.194 e. The number of nitrogens with zero attached hydrogens (tertiary/aromatic N) is 2. The number of guanidine groups is 1. The first-order valence-corrected chi connectivity index (χ1v) is 11.1. The largest absolute Gasteiger partial charge is 0.489 e. The Labute approximate surface area is 175 Å². The third-order valence-corrected chi connectivity index (χ3v) is 5.47. The highest BCUT2D eigenvalue weighted by Gasteiger charge is 2.24. The second-order valence-electron chi connectivity index (χ2n) is 8.09. The number of rotatable bonds is 8. The third kappa shape index (κ3) is 7.19. The van der Waals surface area contributed by atoms with Crippen molar-refractivity contribution in [3.63, 3.8) is 0 Å². The molecule has 162 valence electrons. The van der Waals surface area contributed by atoms with Crippen LogP contribution in [-0.4, -0.2) is 68.6 Å². The van der Waals surface area contributed by atoms with Crippen molar-refractivity contribution >= 4 is 5.96 Å². The van der Waals surface area contributed by atoms with Crippen molar-refractivity contribution in [3.8, 4) is 5.75 Å². The van der Waals surface area contributed by atoms with Crippen LogP contribution in [0, 0.1) is 6.92 Å². The van der Waals surface area contributed by atoms with E-state index < -0.39 is 0 Å². The standard InChI is InChI=1S/C23H37N3O3/c1-4-24-23(25-16-19(3)29-21-9-7-18(2)8-10-21)26-13-11-20(12-14-26)28-17-22-6-5-15-27-22/h7-10,19-20,22H,4-6,11-17H2,1-3H3,(H,24,25). The Morgan fingerprint density at radius 1 is 1.24 bits per heavy atom. The third-order valence-electron chi connectivity index (χ3n) is 5.47. The van der Waals surface area contributed by atoms with Gasteiger partial charge in [-0.3, -0.25) is 0 Å². The van der Waals surface area contributed by atoms with E-state index >= 15 is 0 Å². The van der Waals surface area contributed by atoms with E-state index in [1.807, 2.05) is 12.1 Å². The molecule has 0 spiro atoms. The fourth-order valence-corrected chi connectivity index (χ4v) is 3.78. The van der Waals surface area contributed by atoms with Gasteiger partial charge in [0.25, 0.3) is 0 Å². The molecule has 6 heteroatoms. The van der Waals surface area contributed by atoms with Gasteiger partial charge in [-0.05, 0) is 58.6 Å². The molecule has 0 aliphatic carbocycles. The summed E-state index contributed by atoms with van der Waals surface area (Å²) in [6.45, 7) is 11.3. The van der Waals surface area contributed by atoms with Crippen LogP contribution < -0.4 is 10.1 Å². The normalized spacial score (nSPS) is 22.0. The lowest BCUT2D eigenvalue weighted by atomic mass is 10.1. The summed E-state index contributed by atoms with van der Waals surface area (Å²) >= 11 is 0. The number of hydrogen-bond donors (Lipinski definition) is 1. The van der Waals surface area contributed by atoms with Crippen molar-refractivity contribution in [1.29, 1.82) is 0 Å². The van der Waals surface area contributed by atoms with Gasteiger partial charge in [0.2, 0.25) is 0 Å². The predicted molar refractivity (Wildman–Crippen MR) is 117 cm³/mol. The Balaban J connectivity index is 1.44. The number of nitrogens with one attached hydrogen (secondary N) is 1. The topological polar surface area (TPSA) is 55.3 Å². The average molecular weight is 404 g/mol. The van der Waals surface area contributed by atoms with Gasteiger partial charge in [-0.2, -0.15) is 0 Å². The minimum absolute atomic E-state index is 0.0265. The van der Waals surface area contributed by atoms with Crippen molar-refractivity contribution in [2.75, 3.05) is 39.4 Å². The molecule has 0 amide bonds. The molecule has 6 nitrogen and oxygen atoms in total. The molecule has 2 aliphatic heterocycles. The number of benzene rings is 1. The van der Waals surface area contributed by atoms with Crippen LogP contribution in [0.3, 0.4) is 0 Å². The molecule has 2 aliphatic rings. The lowest BCUT2D eigenvalue weighted by molar-refractivity contribution is -0.0367. The first kappa shape index (κ1) is 21.9. The highest BCUT2D eigenvalue weighted by molar-refractivity contribution is 5.80. The summed E-state index contributed by atoms with van der Waals surface area (Å²) in [6.07, 6.45) is 5.04. The average Bonchev–Trinajstić information content (AvgIpc) is 3.25. The highest BCUT2D eigenvalue weighted by Crippen LogP contribution is 2.18. The van der Waals surface area contributed by atoms with Crippen LogP contribution in [0.2, 0.25) is 0 Å². The maximum Gasteiger partial charge on any atom is 0.194 e. The molecule has 1 aromatic carbocycles. The Bertz CT molecular complexity index is 621. The van der Waals surface area contributed by atoms with E-state index in [9.17, 15) is 0 Å². The zero-order chi connectivity index (χ0) is 20.5. The summed E-state index contributed by atoms with van der Waals surface area (Å²) in [6, 6.07) is 8.17. The minimum atomic E-state index is 0.0265.